The number of carbonyl (C=O) groups excluding carboxylic acids is 2. The standard InChI is InChI=1S/C22H26N2O2/c1-3-17(2)23-16-19(14-21(23)25)22(26)24(20-12-8-5-9-13-20)15-18-10-6-4-7-11-18/h4-13,17,19H,3,14-16H2,1-2H3. The molecular formula is C22H26N2O2. The normalized spacial score (nSPS) is 18.0. The van der Waals surface area contributed by atoms with Crippen LogP contribution in [0.2, 0.25) is 0 Å². The Kier molecular flexibility index (Phi) is 5.71. The van der Waals surface area contributed by atoms with E-state index in [0.717, 1.165) is 17.7 Å². The number of hydrogen-bond acceptors (Lipinski definition) is 2. The minimum atomic E-state index is -0.277. The van der Waals surface area contributed by atoms with Gasteiger partial charge in [-0.05, 0) is 31.0 Å². The zero-order valence-electron chi connectivity index (χ0n) is 15.5. The molecule has 0 radical (unpaired) electrons. The van der Waals surface area contributed by atoms with Gasteiger partial charge in [0.15, 0.2) is 0 Å². The summed E-state index contributed by atoms with van der Waals surface area (Å²) < 4.78 is 0. The molecule has 0 N–H and O–H groups in total. The molecule has 1 fully saturated rings. The fraction of sp³-hybridized carbons (Fsp3) is 0.364. The van der Waals surface area contributed by atoms with Crippen molar-refractivity contribution < 1.29 is 9.59 Å². The van der Waals surface area contributed by atoms with Crippen LogP contribution >= 0.6 is 0 Å². The topological polar surface area (TPSA) is 40.6 Å². The maximum Gasteiger partial charge on any atom is 0.232 e. The smallest absolute Gasteiger partial charge is 0.232 e. The van der Waals surface area contributed by atoms with E-state index in [9.17, 15) is 9.59 Å². The predicted molar refractivity (Wildman–Crippen MR) is 104 cm³/mol. The van der Waals surface area contributed by atoms with Gasteiger partial charge in [0.25, 0.3) is 0 Å². The molecule has 0 saturated carbocycles. The minimum Gasteiger partial charge on any atom is -0.339 e. The van der Waals surface area contributed by atoms with Gasteiger partial charge in [0, 0.05) is 24.7 Å². The third-order valence-corrected chi connectivity index (χ3v) is 5.15. The van der Waals surface area contributed by atoms with Crippen LogP contribution in [0.4, 0.5) is 5.69 Å². The van der Waals surface area contributed by atoms with Crippen LogP contribution in [-0.4, -0.2) is 29.3 Å². The average Bonchev–Trinajstić information content (AvgIpc) is 3.08. The fourth-order valence-corrected chi connectivity index (χ4v) is 3.43. The molecule has 4 nitrogen and oxygen atoms in total. The van der Waals surface area contributed by atoms with Gasteiger partial charge in [-0.1, -0.05) is 55.5 Å². The van der Waals surface area contributed by atoms with Crippen LogP contribution in [0, 0.1) is 5.92 Å². The summed E-state index contributed by atoms with van der Waals surface area (Å²) in [5.41, 5.74) is 1.95. The van der Waals surface area contributed by atoms with Crippen molar-refractivity contribution in [2.24, 2.45) is 5.92 Å². The summed E-state index contributed by atoms with van der Waals surface area (Å²) in [5.74, 6) is -0.162. The van der Waals surface area contributed by atoms with Crippen LogP contribution in [0.3, 0.4) is 0 Å². The molecule has 3 rings (SSSR count). The van der Waals surface area contributed by atoms with Crippen molar-refractivity contribution in [3.05, 3.63) is 66.2 Å². The number of hydrogen-bond donors (Lipinski definition) is 0. The lowest BCUT2D eigenvalue weighted by Gasteiger charge is -2.27. The SMILES string of the molecule is CCC(C)N1CC(C(=O)N(Cc2ccccc2)c2ccccc2)CC1=O. The first kappa shape index (κ1) is 18.2. The van der Waals surface area contributed by atoms with E-state index >= 15 is 0 Å². The van der Waals surface area contributed by atoms with Crippen molar-refractivity contribution >= 4 is 17.5 Å². The Morgan fingerprint density at radius 3 is 2.35 bits per heavy atom. The Bertz CT molecular complexity index is 745. The summed E-state index contributed by atoms with van der Waals surface area (Å²) in [6.07, 6.45) is 1.21. The first-order valence-corrected chi connectivity index (χ1v) is 9.30. The van der Waals surface area contributed by atoms with Crippen molar-refractivity contribution in [1.29, 1.82) is 0 Å². The molecule has 2 atom stereocenters. The van der Waals surface area contributed by atoms with Crippen LogP contribution in [0.5, 0.6) is 0 Å². The molecule has 26 heavy (non-hydrogen) atoms. The van der Waals surface area contributed by atoms with Gasteiger partial charge in [-0.15, -0.1) is 0 Å². The highest BCUT2D eigenvalue weighted by molar-refractivity contribution is 5.99. The Labute approximate surface area is 155 Å². The van der Waals surface area contributed by atoms with Crippen molar-refractivity contribution in [2.45, 2.75) is 39.3 Å². The zero-order valence-corrected chi connectivity index (χ0v) is 15.5. The summed E-state index contributed by atoms with van der Waals surface area (Å²) in [7, 11) is 0. The van der Waals surface area contributed by atoms with Gasteiger partial charge < -0.3 is 9.80 Å². The van der Waals surface area contributed by atoms with Crippen molar-refractivity contribution in [3.63, 3.8) is 0 Å². The predicted octanol–water partition coefficient (Wildman–Crippen LogP) is 3.87. The molecule has 136 valence electrons. The Morgan fingerprint density at radius 2 is 1.73 bits per heavy atom. The molecule has 2 aromatic carbocycles. The Hall–Kier alpha value is -2.62. The van der Waals surface area contributed by atoms with Crippen LogP contribution in [0.1, 0.15) is 32.3 Å². The highest BCUT2D eigenvalue weighted by atomic mass is 16.2. The third kappa shape index (κ3) is 3.96. The lowest BCUT2D eigenvalue weighted by molar-refractivity contribution is -0.129. The van der Waals surface area contributed by atoms with E-state index < -0.39 is 0 Å². The lowest BCUT2D eigenvalue weighted by atomic mass is 10.1. The molecule has 0 spiro atoms. The fourth-order valence-electron chi connectivity index (χ4n) is 3.43. The van der Waals surface area contributed by atoms with E-state index in [1.165, 1.54) is 0 Å². The molecular weight excluding hydrogens is 324 g/mol. The van der Waals surface area contributed by atoms with Gasteiger partial charge >= 0.3 is 0 Å². The molecule has 0 aromatic heterocycles. The van der Waals surface area contributed by atoms with Gasteiger partial charge in [0.05, 0.1) is 12.5 Å². The molecule has 1 aliphatic rings. The van der Waals surface area contributed by atoms with Gasteiger partial charge in [0.1, 0.15) is 0 Å². The van der Waals surface area contributed by atoms with Crippen LogP contribution in [0.15, 0.2) is 60.7 Å². The molecule has 2 amide bonds. The van der Waals surface area contributed by atoms with Crippen LogP contribution in [-0.2, 0) is 16.1 Å². The summed E-state index contributed by atoms with van der Waals surface area (Å²) in [6, 6.07) is 19.9. The summed E-state index contributed by atoms with van der Waals surface area (Å²) >= 11 is 0. The number of para-hydroxylation sites is 1. The number of rotatable bonds is 6. The Balaban J connectivity index is 1.83. The first-order valence-electron chi connectivity index (χ1n) is 9.30. The highest BCUT2D eigenvalue weighted by Crippen LogP contribution is 2.27. The van der Waals surface area contributed by atoms with Crippen molar-refractivity contribution in [3.8, 4) is 0 Å². The van der Waals surface area contributed by atoms with Crippen LogP contribution < -0.4 is 4.90 Å². The molecule has 1 aliphatic heterocycles. The van der Waals surface area contributed by atoms with E-state index in [1.807, 2.05) is 77.4 Å². The van der Waals surface area contributed by atoms with Crippen molar-refractivity contribution in [2.75, 3.05) is 11.4 Å². The van der Waals surface area contributed by atoms with Gasteiger partial charge in [-0.2, -0.15) is 0 Å². The second-order valence-electron chi connectivity index (χ2n) is 6.95. The van der Waals surface area contributed by atoms with Gasteiger partial charge in [-0.3, -0.25) is 9.59 Å². The quantitative estimate of drug-likeness (QED) is 0.793. The number of anilines is 1. The van der Waals surface area contributed by atoms with E-state index in [0.29, 0.717) is 19.5 Å². The second-order valence-corrected chi connectivity index (χ2v) is 6.95. The third-order valence-electron chi connectivity index (χ3n) is 5.15. The average molecular weight is 350 g/mol. The molecule has 0 aliphatic carbocycles. The van der Waals surface area contributed by atoms with E-state index in [-0.39, 0.29) is 23.8 Å². The molecule has 1 saturated heterocycles. The number of amides is 2. The van der Waals surface area contributed by atoms with Crippen LogP contribution in [0.25, 0.3) is 0 Å². The monoisotopic (exact) mass is 350 g/mol. The summed E-state index contributed by atoms with van der Waals surface area (Å²) in [4.78, 5) is 29.3. The molecule has 4 heteroatoms. The van der Waals surface area contributed by atoms with Gasteiger partial charge in [-0.25, -0.2) is 0 Å². The largest absolute Gasteiger partial charge is 0.339 e. The highest BCUT2D eigenvalue weighted by Gasteiger charge is 2.38. The van der Waals surface area contributed by atoms with E-state index in [4.69, 9.17) is 0 Å². The number of nitrogens with zero attached hydrogens (tertiary/aromatic N) is 2. The maximum absolute atomic E-state index is 13.3. The lowest BCUT2D eigenvalue weighted by Crippen LogP contribution is -2.38. The molecule has 1 heterocycles. The molecule has 0 bridgehead atoms. The number of benzene rings is 2. The van der Waals surface area contributed by atoms with Crippen molar-refractivity contribution in [1.82, 2.24) is 4.90 Å². The van der Waals surface area contributed by atoms with Gasteiger partial charge in [0.2, 0.25) is 11.8 Å². The van der Waals surface area contributed by atoms with E-state index in [2.05, 4.69) is 6.92 Å². The number of carbonyl (C=O) groups is 2. The molecule has 2 aromatic rings. The second kappa shape index (κ2) is 8.17. The minimum absolute atomic E-state index is 0.0270. The first-order chi connectivity index (χ1) is 12.6. The summed E-state index contributed by atoms with van der Waals surface area (Å²) in [5, 5.41) is 0. The van der Waals surface area contributed by atoms with E-state index in [1.54, 1.807) is 0 Å². The summed E-state index contributed by atoms with van der Waals surface area (Å²) in [6.45, 7) is 5.14. The molecule has 2 unspecified atom stereocenters. The Morgan fingerprint density at radius 1 is 1.12 bits per heavy atom. The zero-order chi connectivity index (χ0) is 18.5. The number of likely N-dealkylation sites (tertiary alicyclic amines) is 1. The maximum atomic E-state index is 13.3.